The van der Waals surface area contributed by atoms with Crippen molar-refractivity contribution in [2.45, 2.75) is 26.2 Å². The highest BCUT2D eigenvalue weighted by Crippen LogP contribution is 2.24. The van der Waals surface area contributed by atoms with Crippen molar-refractivity contribution in [1.82, 2.24) is 4.57 Å². The Balaban J connectivity index is 1.60. The number of fused-ring (bicyclic) bond motifs is 1. The second-order valence-electron chi connectivity index (χ2n) is 6.17. The van der Waals surface area contributed by atoms with E-state index in [4.69, 9.17) is 4.74 Å². The molecule has 0 bridgehead atoms. The SMILES string of the molecule is Cc1cc(OC(=O)CCCc2cn(C)c3ccc(I)cc23)ccc1F. The Hall–Kier alpha value is -1.89. The topological polar surface area (TPSA) is 31.2 Å². The Morgan fingerprint density at radius 1 is 1.24 bits per heavy atom. The molecule has 0 amide bonds. The van der Waals surface area contributed by atoms with Gasteiger partial charge in [-0.1, -0.05) is 0 Å². The van der Waals surface area contributed by atoms with Gasteiger partial charge in [-0.3, -0.25) is 4.79 Å². The lowest BCUT2D eigenvalue weighted by molar-refractivity contribution is -0.134. The Bertz CT molecular complexity index is 933. The van der Waals surface area contributed by atoms with E-state index in [9.17, 15) is 9.18 Å². The third kappa shape index (κ3) is 4.21. The van der Waals surface area contributed by atoms with Crippen LogP contribution in [0.15, 0.2) is 42.6 Å². The van der Waals surface area contributed by atoms with Crippen molar-refractivity contribution in [3.8, 4) is 5.75 Å². The number of aryl methyl sites for hydroxylation is 3. The van der Waals surface area contributed by atoms with Gasteiger partial charge in [0.05, 0.1) is 0 Å². The van der Waals surface area contributed by atoms with Crippen LogP contribution >= 0.6 is 22.6 Å². The van der Waals surface area contributed by atoms with Crippen molar-refractivity contribution in [2.75, 3.05) is 0 Å². The average molecular weight is 451 g/mol. The molecule has 0 saturated carbocycles. The van der Waals surface area contributed by atoms with Crippen LogP contribution in [-0.4, -0.2) is 10.5 Å². The summed E-state index contributed by atoms with van der Waals surface area (Å²) < 4.78 is 21.8. The van der Waals surface area contributed by atoms with Gasteiger partial charge in [-0.25, -0.2) is 4.39 Å². The van der Waals surface area contributed by atoms with Gasteiger partial charge in [0.15, 0.2) is 0 Å². The lowest BCUT2D eigenvalue weighted by Gasteiger charge is -2.05. The van der Waals surface area contributed by atoms with Crippen LogP contribution in [0.1, 0.15) is 24.0 Å². The minimum Gasteiger partial charge on any atom is -0.427 e. The van der Waals surface area contributed by atoms with Crippen molar-refractivity contribution < 1.29 is 13.9 Å². The standard InChI is InChI=1S/C20H19FINO2/c1-13-10-16(7-8-18(13)21)25-20(24)5-3-4-14-12-23(2)19-9-6-15(22)11-17(14)19/h6-12H,3-5H2,1-2H3. The van der Waals surface area contributed by atoms with Crippen LogP contribution in [0.3, 0.4) is 0 Å². The number of carbonyl (C=O) groups is 1. The zero-order valence-electron chi connectivity index (χ0n) is 14.2. The van der Waals surface area contributed by atoms with E-state index in [1.807, 2.05) is 7.05 Å². The zero-order valence-corrected chi connectivity index (χ0v) is 16.3. The first kappa shape index (κ1) is 17.9. The molecule has 0 aliphatic carbocycles. The van der Waals surface area contributed by atoms with Crippen LogP contribution in [0.4, 0.5) is 4.39 Å². The summed E-state index contributed by atoms with van der Waals surface area (Å²) in [5, 5.41) is 1.23. The van der Waals surface area contributed by atoms with E-state index < -0.39 is 0 Å². The molecule has 130 valence electrons. The van der Waals surface area contributed by atoms with E-state index in [0.717, 1.165) is 6.42 Å². The number of halogens is 2. The second kappa shape index (κ2) is 7.56. The highest BCUT2D eigenvalue weighted by molar-refractivity contribution is 14.1. The maximum absolute atomic E-state index is 13.2. The van der Waals surface area contributed by atoms with Gasteiger partial charge >= 0.3 is 5.97 Å². The maximum atomic E-state index is 13.2. The molecule has 1 heterocycles. The summed E-state index contributed by atoms with van der Waals surface area (Å²) in [5.41, 5.74) is 2.90. The normalized spacial score (nSPS) is 11.0. The minimum absolute atomic E-state index is 0.291. The molecule has 3 rings (SSSR count). The molecule has 3 nitrogen and oxygen atoms in total. The molecule has 0 radical (unpaired) electrons. The van der Waals surface area contributed by atoms with Gasteiger partial charge in [-0.15, -0.1) is 0 Å². The van der Waals surface area contributed by atoms with Crippen LogP contribution in [-0.2, 0) is 18.3 Å². The highest BCUT2D eigenvalue weighted by atomic mass is 127. The number of rotatable bonds is 5. The molecule has 0 fully saturated rings. The van der Waals surface area contributed by atoms with Crippen molar-refractivity contribution in [2.24, 2.45) is 7.05 Å². The average Bonchev–Trinajstić information content (AvgIpc) is 2.86. The number of nitrogens with zero attached hydrogens (tertiary/aromatic N) is 1. The van der Waals surface area contributed by atoms with Crippen molar-refractivity contribution in [3.05, 3.63) is 63.1 Å². The molecular weight excluding hydrogens is 432 g/mol. The Morgan fingerprint density at radius 2 is 2.04 bits per heavy atom. The van der Waals surface area contributed by atoms with Gasteiger partial charge in [0.25, 0.3) is 0 Å². The molecule has 0 N–H and O–H groups in total. The van der Waals surface area contributed by atoms with Gasteiger partial charge in [0, 0.05) is 34.1 Å². The number of hydrogen-bond acceptors (Lipinski definition) is 2. The molecular formula is C20H19FINO2. The van der Waals surface area contributed by atoms with E-state index in [1.54, 1.807) is 13.0 Å². The summed E-state index contributed by atoms with van der Waals surface area (Å²) >= 11 is 2.31. The number of aromatic nitrogens is 1. The van der Waals surface area contributed by atoms with Crippen molar-refractivity contribution in [1.29, 1.82) is 0 Å². The lowest BCUT2D eigenvalue weighted by Crippen LogP contribution is -2.08. The van der Waals surface area contributed by atoms with Gasteiger partial charge in [-0.05, 0) is 89.9 Å². The summed E-state index contributed by atoms with van der Waals surface area (Å²) in [4.78, 5) is 12.0. The fourth-order valence-corrected chi connectivity index (χ4v) is 3.42. The molecule has 1 aromatic heterocycles. The molecule has 2 aromatic carbocycles. The summed E-state index contributed by atoms with van der Waals surface area (Å²) in [6.07, 6.45) is 3.98. The third-order valence-electron chi connectivity index (χ3n) is 4.22. The van der Waals surface area contributed by atoms with E-state index in [2.05, 4.69) is 51.6 Å². The van der Waals surface area contributed by atoms with Gasteiger partial charge < -0.3 is 9.30 Å². The predicted octanol–water partition coefficient (Wildman–Crippen LogP) is 5.16. The summed E-state index contributed by atoms with van der Waals surface area (Å²) in [6.45, 7) is 1.65. The molecule has 25 heavy (non-hydrogen) atoms. The fraction of sp³-hybridized carbons (Fsp3) is 0.250. The molecule has 0 aliphatic rings. The van der Waals surface area contributed by atoms with Gasteiger partial charge in [-0.2, -0.15) is 0 Å². The molecule has 0 unspecified atom stereocenters. The highest BCUT2D eigenvalue weighted by Gasteiger charge is 2.10. The second-order valence-corrected chi connectivity index (χ2v) is 7.41. The number of hydrogen-bond donors (Lipinski definition) is 0. The first-order valence-electron chi connectivity index (χ1n) is 8.14. The number of ether oxygens (including phenoxy) is 1. The van der Waals surface area contributed by atoms with Crippen molar-refractivity contribution in [3.63, 3.8) is 0 Å². The minimum atomic E-state index is -0.301. The van der Waals surface area contributed by atoms with E-state index in [-0.39, 0.29) is 11.8 Å². The Morgan fingerprint density at radius 3 is 2.80 bits per heavy atom. The molecule has 5 heteroatoms. The predicted molar refractivity (Wildman–Crippen MR) is 105 cm³/mol. The van der Waals surface area contributed by atoms with Crippen LogP contribution in [0.5, 0.6) is 5.75 Å². The zero-order chi connectivity index (χ0) is 18.0. The quantitative estimate of drug-likeness (QED) is 0.305. The molecule has 0 saturated heterocycles. The number of benzene rings is 2. The van der Waals surface area contributed by atoms with E-state index in [0.29, 0.717) is 24.2 Å². The summed E-state index contributed by atoms with van der Waals surface area (Å²) in [5.74, 6) is -0.199. The molecule has 0 atom stereocenters. The van der Waals surface area contributed by atoms with Gasteiger partial charge in [0.2, 0.25) is 0 Å². The monoisotopic (exact) mass is 451 g/mol. The largest absolute Gasteiger partial charge is 0.427 e. The molecule has 0 aliphatic heterocycles. The number of carbonyl (C=O) groups excluding carboxylic acids is 1. The Kier molecular flexibility index (Phi) is 5.42. The molecule has 0 spiro atoms. The first-order valence-corrected chi connectivity index (χ1v) is 9.22. The third-order valence-corrected chi connectivity index (χ3v) is 4.89. The van der Waals surface area contributed by atoms with Crippen LogP contribution in [0.2, 0.25) is 0 Å². The van der Waals surface area contributed by atoms with Crippen LogP contribution in [0.25, 0.3) is 10.9 Å². The van der Waals surface area contributed by atoms with Crippen LogP contribution < -0.4 is 4.74 Å². The number of esters is 1. The fourth-order valence-electron chi connectivity index (χ4n) is 2.93. The first-order chi connectivity index (χ1) is 11.9. The van der Waals surface area contributed by atoms with E-state index >= 15 is 0 Å². The summed E-state index contributed by atoms with van der Waals surface area (Å²) in [7, 11) is 2.03. The van der Waals surface area contributed by atoms with Crippen molar-refractivity contribution >= 4 is 39.5 Å². The van der Waals surface area contributed by atoms with E-state index in [1.165, 1.54) is 32.2 Å². The van der Waals surface area contributed by atoms with Gasteiger partial charge in [0.1, 0.15) is 11.6 Å². The van der Waals surface area contributed by atoms with Crippen LogP contribution in [0, 0.1) is 16.3 Å². The Labute approximate surface area is 159 Å². The summed E-state index contributed by atoms with van der Waals surface area (Å²) in [6, 6.07) is 10.7. The smallest absolute Gasteiger partial charge is 0.311 e. The lowest BCUT2D eigenvalue weighted by atomic mass is 10.1. The molecule has 3 aromatic rings. The maximum Gasteiger partial charge on any atom is 0.311 e.